The fourth-order valence-corrected chi connectivity index (χ4v) is 2.05. The Bertz CT molecular complexity index is 384. The molecule has 2 rings (SSSR count). The molecule has 0 aromatic heterocycles. The average molecular weight is 221 g/mol. The van der Waals surface area contributed by atoms with Crippen LogP contribution >= 0.6 is 0 Å². The molecule has 1 fully saturated rings. The van der Waals surface area contributed by atoms with Crippen molar-refractivity contribution in [3.63, 3.8) is 0 Å². The molecule has 0 saturated heterocycles. The van der Waals surface area contributed by atoms with Crippen LogP contribution < -0.4 is 11.3 Å². The lowest BCUT2D eigenvalue weighted by atomic mass is 10.2. The zero-order valence-electron chi connectivity index (χ0n) is 9.12. The maximum Gasteiger partial charge on any atom is 0.145 e. The number of halogens is 1. The van der Waals surface area contributed by atoms with Crippen LogP contribution in [0.25, 0.3) is 0 Å². The van der Waals surface area contributed by atoms with Gasteiger partial charge in [-0.25, -0.2) is 10.2 Å². The Morgan fingerprint density at radius 3 is 2.62 bits per heavy atom. The molecule has 1 aromatic rings. The summed E-state index contributed by atoms with van der Waals surface area (Å²) >= 11 is 0. The van der Waals surface area contributed by atoms with E-state index in [1.807, 2.05) is 0 Å². The molecule has 0 amide bonds. The van der Waals surface area contributed by atoms with E-state index in [0.717, 1.165) is 12.8 Å². The van der Waals surface area contributed by atoms with E-state index in [0.29, 0.717) is 11.4 Å². The molecule has 0 heterocycles. The van der Waals surface area contributed by atoms with Crippen LogP contribution in [0.4, 0.5) is 4.39 Å². The van der Waals surface area contributed by atoms with Crippen molar-refractivity contribution in [2.75, 3.05) is 0 Å². The molecule has 3 N–H and O–H groups in total. The summed E-state index contributed by atoms with van der Waals surface area (Å²) in [5, 5.41) is 0. The summed E-state index contributed by atoms with van der Waals surface area (Å²) in [5.41, 5.74) is 2.94. The lowest BCUT2D eigenvalue weighted by Gasteiger charge is -2.10. The molecule has 0 spiro atoms. The molecule has 0 bridgehead atoms. The zero-order valence-corrected chi connectivity index (χ0v) is 9.12. The highest BCUT2D eigenvalue weighted by Gasteiger charge is 2.16. The van der Waals surface area contributed by atoms with Gasteiger partial charge in [0.15, 0.2) is 0 Å². The fourth-order valence-electron chi connectivity index (χ4n) is 2.05. The number of nitrogens with zero attached hydrogens (tertiary/aromatic N) is 1. The SMILES string of the molecule is NNC(=NC1CCCC1)c1ccccc1F. The van der Waals surface area contributed by atoms with Crippen molar-refractivity contribution in [2.24, 2.45) is 10.8 Å². The lowest BCUT2D eigenvalue weighted by molar-refractivity contribution is 0.622. The third-order valence-electron chi connectivity index (χ3n) is 2.90. The first-order valence-electron chi connectivity index (χ1n) is 5.60. The highest BCUT2D eigenvalue weighted by Crippen LogP contribution is 2.21. The molecular formula is C12H16FN3. The van der Waals surface area contributed by atoms with Crippen molar-refractivity contribution in [3.8, 4) is 0 Å². The Morgan fingerprint density at radius 2 is 2.00 bits per heavy atom. The summed E-state index contributed by atoms with van der Waals surface area (Å²) < 4.78 is 13.5. The molecule has 1 aromatic carbocycles. The Labute approximate surface area is 94.5 Å². The molecule has 1 saturated carbocycles. The van der Waals surface area contributed by atoms with Crippen LogP contribution in [-0.4, -0.2) is 11.9 Å². The van der Waals surface area contributed by atoms with Gasteiger partial charge >= 0.3 is 0 Å². The molecule has 86 valence electrons. The largest absolute Gasteiger partial charge is 0.308 e. The molecule has 1 aliphatic carbocycles. The minimum Gasteiger partial charge on any atom is -0.308 e. The number of rotatable bonds is 2. The summed E-state index contributed by atoms with van der Waals surface area (Å²) in [6.45, 7) is 0. The second kappa shape index (κ2) is 5.07. The summed E-state index contributed by atoms with van der Waals surface area (Å²) in [5.74, 6) is 5.56. The van der Waals surface area contributed by atoms with Crippen molar-refractivity contribution < 1.29 is 4.39 Å². The van der Waals surface area contributed by atoms with Crippen LogP contribution in [0.1, 0.15) is 31.2 Å². The van der Waals surface area contributed by atoms with Gasteiger partial charge in [0.05, 0.1) is 11.6 Å². The van der Waals surface area contributed by atoms with Gasteiger partial charge in [-0.2, -0.15) is 0 Å². The lowest BCUT2D eigenvalue weighted by Crippen LogP contribution is -2.32. The Balaban J connectivity index is 2.24. The maximum atomic E-state index is 13.5. The van der Waals surface area contributed by atoms with Crippen LogP contribution in [0.15, 0.2) is 29.3 Å². The molecule has 0 unspecified atom stereocenters. The fraction of sp³-hybridized carbons (Fsp3) is 0.417. The Kier molecular flexibility index (Phi) is 3.51. The van der Waals surface area contributed by atoms with E-state index >= 15 is 0 Å². The van der Waals surface area contributed by atoms with E-state index in [1.54, 1.807) is 18.2 Å². The van der Waals surface area contributed by atoms with E-state index in [-0.39, 0.29) is 11.9 Å². The molecule has 16 heavy (non-hydrogen) atoms. The highest BCUT2D eigenvalue weighted by molar-refractivity contribution is 5.98. The third kappa shape index (κ3) is 2.39. The van der Waals surface area contributed by atoms with Gasteiger partial charge in [0, 0.05) is 0 Å². The molecule has 1 aliphatic rings. The van der Waals surface area contributed by atoms with Gasteiger partial charge in [0.1, 0.15) is 11.7 Å². The van der Waals surface area contributed by atoms with Gasteiger partial charge in [-0.1, -0.05) is 25.0 Å². The van der Waals surface area contributed by atoms with E-state index in [9.17, 15) is 4.39 Å². The van der Waals surface area contributed by atoms with Gasteiger partial charge in [0.25, 0.3) is 0 Å². The number of benzene rings is 1. The molecule has 4 heteroatoms. The van der Waals surface area contributed by atoms with E-state index in [2.05, 4.69) is 10.4 Å². The quantitative estimate of drug-likeness (QED) is 0.347. The number of amidine groups is 1. The molecule has 3 nitrogen and oxygen atoms in total. The number of nitrogens with two attached hydrogens (primary N) is 1. The van der Waals surface area contributed by atoms with Gasteiger partial charge in [-0.05, 0) is 25.0 Å². The van der Waals surface area contributed by atoms with Gasteiger partial charge in [0.2, 0.25) is 0 Å². The number of nitrogens with one attached hydrogen (secondary N) is 1. The van der Waals surface area contributed by atoms with E-state index in [1.165, 1.54) is 18.9 Å². The smallest absolute Gasteiger partial charge is 0.145 e. The average Bonchev–Trinajstić information content (AvgIpc) is 2.80. The van der Waals surface area contributed by atoms with Crippen molar-refractivity contribution in [2.45, 2.75) is 31.7 Å². The standard InChI is InChI=1S/C12H16FN3/c13-11-8-4-3-7-10(11)12(16-14)15-9-5-1-2-6-9/h3-4,7-9H,1-2,5-6,14H2,(H,15,16). The minimum atomic E-state index is -0.294. The van der Waals surface area contributed by atoms with Gasteiger partial charge in [-0.3, -0.25) is 4.99 Å². The van der Waals surface area contributed by atoms with Crippen LogP contribution in [0, 0.1) is 5.82 Å². The molecule has 0 atom stereocenters. The second-order valence-corrected chi connectivity index (χ2v) is 4.04. The summed E-state index contributed by atoms with van der Waals surface area (Å²) in [7, 11) is 0. The van der Waals surface area contributed by atoms with Crippen LogP contribution in [0.2, 0.25) is 0 Å². The van der Waals surface area contributed by atoms with Crippen molar-refractivity contribution in [3.05, 3.63) is 35.6 Å². The predicted octanol–water partition coefficient (Wildman–Crippen LogP) is 1.98. The van der Waals surface area contributed by atoms with Crippen LogP contribution in [-0.2, 0) is 0 Å². The number of aliphatic imine (C=N–C) groups is 1. The topological polar surface area (TPSA) is 50.4 Å². The normalized spacial score (nSPS) is 17.8. The van der Waals surface area contributed by atoms with E-state index < -0.39 is 0 Å². The Morgan fingerprint density at radius 1 is 1.31 bits per heavy atom. The minimum absolute atomic E-state index is 0.283. The number of hydrogen-bond donors (Lipinski definition) is 2. The molecule has 0 radical (unpaired) electrons. The molecule has 0 aliphatic heterocycles. The van der Waals surface area contributed by atoms with Crippen molar-refractivity contribution in [1.29, 1.82) is 0 Å². The van der Waals surface area contributed by atoms with Crippen LogP contribution in [0.5, 0.6) is 0 Å². The summed E-state index contributed by atoms with van der Waals surface area (Å²) in [6.07, 6.45) is 4.53. The first-order chi connectivity index (χ1) is 7.81. The third-order valence-corrected chi connectivity index (χ3v) is 2.90. The Hall–Kier alpha value is -1.42. The van der Waals surface area contributed by atoms with Crippen molar-refractivity contribution >= 4 is 5.84 Å². The van der Waals surface area contributed by atoms with E-state index in [4.69, 9.17) is 5.84 Å². The second-order valence-electron chi connectivity index (χ2n) is 4.04. The zero-order chi connectivity index (χ0) is 11.4. The highest BCUT2D eigenvalue weighted by atomic mass is 19.1. The summed E-state index contributed by atoms with van der Waals surface area (Å²) in [6, 6.07) is 6.81. The molecular weight excluding hydrogens is 205 g/mol. The number of hydrogen-bond acceptors (Lipinski definition) is 2. The first kappa shape index (κ1) is 11.1. The van der Waals surface area contributed by atoms with Crippen molar-refractivity contribution in [1.82, 2.24) is 5.43 Å². The maximum absolute atomic E-state index is 13.5. The first-order valence-corrected chi connectivity index (χ1v) is 5.60. The van der Waals surface area contributed by atoms with Gasteiger partial charge in [-0.15, -0.1) is 0 Å². The monoisotopic (exact) mass is 221 g/mol. The summed E-state index contributed by atoms with van der Waals surface area (Å²) in [4.78, 5) is 4.47. The van der Waals surface area contributed by atoms with Crippen LogP contribution in [0.3, 0.4) is 0 Å². The van der Waals surface area contributed by atoms with Gasteiger partial charge < -0.3 is 5.43 Å². The predicted molar refractivity (Wildman–Crippen MR) is 62.5 cm³/mol. The number of hydrazine groups is 1.